The van der Waals surface area contributed by atoms with E-state index in [1.165, 1.54) is 19.5 Å². The highest BCUT2D eigenvalue weighted by Crippen LogP contribution is 2.23. The maximum absolute atomic E-state index is 11.0. The van der Waals surface area contributed by atoms with Crippen molar-refractivity contribution in [3.05, 3.63) is 28.0 Å². The minimum atomic E-state index is -0.563. The van der Waals surface area contributed by atoms with Crippen LogP contribution in [0.2, 0.25) is 10.0 Å². The maximum atomic E-state index is 11.0. The van der Waals surface area contributed by atoms with Crippen LogP contribution < -0.4 is 0 Å². The first-order valence-corrected chi connectivity index (χ1v) is 3.79. The van der Waals surface area contributed by atoms with Crippen molar-refractivity contribution in [1.29, 1.82) is 0 Å². The van der Waals surface area contributed by atoms with Crippen LogP contribution in [0.15, 0.2) is 12.4 Å². The van der Waals surface area contributed by atoms with Crippen molar-refractivity contribution in [2.75, 3.05) is 7.11 Å². The third-order valence-corrected chi connectivity index (χ3v) is 1.82. The smallest absolute Gasteiger partial charge is 0.341 e. The summed E-state index contributed by atoms with van der Waals surface area (Å²) < 4.78 is 4.46. The van der Waals surface area contributed by atoms with Crippen LogP contribution in [0, 0.1) is 0 Å². The zero-order valence-corrected chi connectivity index (χ0v) is 7.69. The summed E-state index contributed by atoms with van der Waals surface area (Å²) in [5.74, 6) is -0.563. The first-order valence-electron chi connectivity index (χ1n) is 3.04. The Morgan fingerprint density at radius 1 is 1.42 bits per heavy atom. The van der Waals surface area contributed by atoms with Gasteiger partial charge in [0.1, 0.15) is 0 Å². The van der Waals surface area contributed by atoms with Gasteiger partial charge in [-0.1, -0.05) is 23.2 Å². The van der Waals surface area contributed by atoms with Gasteiger partial charge in [-0.15, -0.1) is 0 Å². The summed E-state index contributed by atoms with van der Waals surface area (Å²) in [5.41, 5.74) is 0.149. The molecule has 0 aliphatic heterocycles. The van der Waals surface area contributed by atoms with Crippen molar-refractivity contribution in [3.8, 4) is 0 Å². The number of hydrogen-bond acceptors (Lipinski definition) is 3. The second kappa shape index (κ2) is 3.74. The van der Waals surface area contributed by atoms with Gasteiger partial charge in [-0.25, -0.2) is 4.79 Å². The van der Waals surface area contributed by atoms with E-state index < -0.39 is 5.97 Å². The average Bonchev–Trinajstić information content (AvgIpc) is 2.03. The molecule has 0 N–H and O–H groups in total. The van der Waals surface area contributed by atoms with Crippen molar-refractivity contribution < 1.29 is 9.53 Å². The van der Waals surface area contributed by atoms with Gasteiger partial charge in [-0.2, -0.15) is 0 Å². The Balaban J connectivity index is 3.21. The largest absolute Gasteiger partial charge is 0.465 e. The number of aromatic nitrogens is 1. The summed E-state index contributed by atoms with van der Waals surface area (Å²) in [4.78, 5) is 14.7. The van der Waals surface area contributed by atoms with E-state index in [9.17, 15) is 4.79 Å². The predicted octanol–water partition coefficient (Wildman–Crippen LogP) is 2.17. The molecule has 0 radical (unpaired) electrons. The zero-order chi connectivity index (χ0) is 9.14. The van der Waals surface area contributed by atoms with Gasteiger partial charge in [0.25, 0.3) is 0 Å². The fourth-order valence-corrected chi connectivity index (χ4v) is 1.23. The van der Waals surface area contributed by atoms with Crippen LogP contribution in [0.5, 0.6) is 0 Å². The van der Waals surface area contributed by atoms with Gasteiger partial charge in [-0.3, -0.25) is 4.98 Å². The summed E-state index contributed by atoms with van der Waals surface area (Å²) in [6, 6.07) is 0. The lowest BCUT2D eigenvalue weighted by atomic mass is 10.3. The van der Waals surface area contributed by atoms with Gasteiger partial charge in [0.2, 0.25) is 0 Å². The molecular weight excluding hydrogens is 201 g/mol. The number of ether oxygens (including phenoxy) is 1. The normalized spacial score (nSPS) is 9.58. The summed E-state index contributed by atoms with van der Waals surface area (Å²) in [6.45, 7) is 0. The highest BCUT2D eigenvalue weighted by Gasteiger charge is 2.14. The standard InChI is InChI=1S/C7H5Cl2NO2/c1-12-7(11)6-4(8)2-10-3-5(6)9/h2-3H,1H3. The molecule has 1 aromatic heterocycles. The summed E-state index contributed by atoms with van der Waals surface area (Å²) in [7, 11) is 1.26. The van der Waals surface area contributed by atoms with Crippen LogP contribution in [-0.2, 0) is 4.74 Å². The van der Waals surface area contributed by atoms with E-state index in [1.807, 2.05) is 0 Å². The zero-order valence-electron chi connectivity index (χ0n) is 6.17. The van der Waals surface area contributed by atoms with Crippen LogP contribution >= 0.6 is 23.2 Å². The Bertz CT molecular complexity index is 294. The molecule has 0 saturated carbocycles. The van der Waals surface area contributed by atoms with E-state index in [1.54, 1.807) is 0 Å². The Hall–Kier alpha value is -0.800. The second-order valence-corrected chi connectivity index (χ2v) is 2.78. The monoisotopic (exact) mass is 205 g/mol. The lowest BCUT2D eigenvalue weighted by molar-refractivity contribution is 0.0601. The van der Waals surface area contributed by atoms with Crippen molar-refractivity contribution in [1.82, 2.24) is 4.98 Å². The summed E-state index contributed by atoms with van der Waals surface area (Å²) in [5, 5.41) is 0.378. The minimum absolute atomic E-state index is 0.149. The molecule has 0 amide bonds. The van der Waals surface area contributed by atoms with E-state index in [0.29, 0.717) is 0 Å². The van der Waals surface area contributed by atoms with Crippen molar-refractivity contribution in [2.45, 2.75) is 0 Å². The van der Waals surface area contributed by atoms with Crippen molar-refractivity contribution in [2.24, 2.45) is 0 Å². The number of pyridine rings is 1. The second-order valence-electron chi connectivity index (χ2n) is 1.97. The Labute approximate surface area is 79.3 Å². The van der Waals surface area contributed by atoms with Crippen molar-refractivity contribution >= 4 is 29.2 Å². The average molecular weight is 206 g/mol. The fourth-order valence-electron chi connectivity index (χ4n) is 0.708. The molecule has 64 valence electrons. The van der Waals surface area contributed by atoms with Crippen LogP contribution in [0.25, 0.3) is 0 Å². The number of carbonyl (C=O) groups is 1. The highest BCUT2D eigenvalue weighted by molar-refractivity contribution is 6.39. The molecule has 0 aliphatic rings. The minimum Gasteiger partial charge on any atom is -0.465 e. The molecule has 1 aromatic rings. The third-order valence-electron chi connectivity index (χ3n) is 1.24. The molecule has 1 heterocycles. The summed E-state index contributed by atoms with van der Waals surface area (Å²) >= 11 is 11.3. The molecule has 0 spiro atoms. The topological polar surface area (TPSA) is 39.2 Å². The van der Waals surface area contributed by atoms with E-state index >= 15 is 0 Å². The number of esters is 1. The molecular formula is C7H5Cl2NO2. The van der Waals surface area contributed by atoms with Crippen LogP contribution in [0.1, 0.15) is 10.4 Å². The Morgan fingerprint density at radius 3 is 2.33 bits per heavy atom. The third kappa shape index (κ3) is 1.68. The molecule has 0 bridgehead atoms. The van der Waals surface area contributed by atoms with E-state index in [0.717, 1.165) is 0 Å². The van der Waals surface area contributed by atoms with Crippen LogP contribution in [0.4, 0.5) is 0 Å². The molecule has 12 heavy (non-hydrogen) atoms. The van der Waals surface area contributed by atoms with Gasteiger partial charge in [0.05, 0.1) is 22.7 Å². The fraction of sp³-hybridized carbons (Fsp3) is 0.143. The lowest BCUT2D eigenvalue weighted by Crippen LogP contribution is -2.03. The van der Waals surface area contributed by atoms with Crippen molar-refractivity contribution in [3.63, 3.8) is 0 Å². The lowest BCUT2D eigenvalue weighted by Gasteiger charge is -2.02. The van der Waals surface area contributed by atoms with E-state index in [4.69, 9.17) is 23.2 Å². The van der Waals surface area contributed by atoms with Gasteiger partial charge in [0.15, 0.2) is 0 Å². The first kappa shape index (κ1) is 9.29. The molecule has 0 aromatic carbocycles. The molecule has 0 fully saturated rings. The van der Waals surface area contributed by atoms with Gasteiger partial charge < -0.3 is 4.74 Å². The number of nitrogens with zero attached hydrogens (tertiary/aromatic N) is 1. The predicted molar refractivity (Wildman–Crippen MR) is 45.6 cm³/mol. The SMILES string of the molecule is COC(=O)c1c(Cl)cncc1Cl. The Morgan fingerprint density at radius 2 is 1.92 bits per heavy atom. The van der Waals surface area contributed by atoms with Gasteiger partial charge >= 0.3 is 5.97 Å². The maximum Gasteiger partial charge on any atom is 0.341 e. The van der Waals surface area contributed by atoms with Crippen LogP contribution in [-0.4, -0.2) is 18.1 Å². The number of halogens is 2. The number of methoxy groups -OCH3 is 1. The van der Waals surface area contributed by atoms with Crippen LogP contribution in [0.3, 0.4) is 0 Å². The number of hydrogen-bond donors (Lipinski definition) is 0. The number of carbonyl (C=O) groups excluding carboxylic acids is 1. The van der Waals surface area contributed by atoms with E-state index in [2.05, 4.69) is 9.72 Å². The quantitative estimate of drug-likeness (QED) is 0.661. The number of rotatable bonds is 1. The molecule has 0 aliphatic carbocycles. The Kier molecular flexibility index (Phi) is 2.89. The molecule has 3 nitrogen and oxygen atoms in total. The first-order chi connectivity index (χ1) is 5.66. The van der Waals surface area contributed by atoms with E-state index in [-0.39, 0.29) is 15.6 Å². The van der Waals surface area contributed by atoms with Gasteiger partial charge in [0, 0.05) is 12.4 Å². The molecule has 1 rings (SSSR count). The molecule has 0 atom stereocenters. The highest BCUT2D eigenvalue weighted by atomic mass is 35.5. The molecule has 0 unspecified atom stereocenters. The molecule has 0 saturated heterocycles. The summed E-state index contributed by atoms with van der Waals surface area (Å²) in [6.07, 6.45) is 2.67. The molecule has 5 heteroatoms. The van der Waals surface area contributed by atoms with Gasteiger partial charge in [-0.05, 0) is 0 Å².